The molecule has 4 atom stereocenters. The van der Waals surface area contributed by atoms with E-state index in [0.29, 0.717) is 33.7 Å². The van der Waals surface area contributed by atoms with Gasteiger partial charge in [0.25, 0.3) is 17.4 Å². The van der Waals surface area contributed by atoms with E-state index in [2.05, 4.69) is 20.9 Å². The number of methoxy groups -OCH3 is 4. The Kier molecular flexibility index (Phi) is 8.97. The zero-order chi connectivity index (χ0) is 38.3. The number of nitrogens with zero attached hydrogens (tertiary/aromatic N) is 6. The first kappa shape index (κ1) is 36.6. The maximum atomic E-state index is 14.3. The number of likely N-dealkylation sites (tertiary alicyclic amines) is 1. The molecule has 0 bridgehead atoms. The number of halogens is 3. The molecule has 0 spiro atoms. The van der Waals surface area contributed by atoms with Crippen LogP contribution in [0.5, 0.6) is 28.7 Å². The molecular formula is C34H33BrCl2N6O10. The summed E-state index contributed by atoms with van der Waals surface area (Å²) >= 11 is 17.8. The second kappa shape index (κ2) is 13.0. The Morgan fingerprint density at radius 1 is 0.906 bits per heavy atom. The van der Waals surface area contributed by atoms with Gasteiger partial charge in [0.1, 0.15) is 5.69 Å². The molecule has 4 aromatic rings. The van der Waals surface area contributed by atoms with Crippen LogP contribution in [-0.2, 0) is 36.1 Å². The summed E-state index contributed by atoms with van der Waals surface area (Å²) in [7, 11) is 7.20. The number of aromatic nitrogens is 5. The number of imide groups is 1. The number of aryl methyl sites for hydroxylation is 2. The first-order valence-corrected chi connectivity index (χ1v) is 18.1. The summed E-state index contributed by atoms with van der Waals surface area (Å²) in [5.74, 6) is -2.20. The largest absolute Gasteiger partial charge is 0.502 e. The fourth-order valence-corrected chi connectivity index (χ4v) is 9.20. The van der Waals surface area contributed by atoms with Gasteiger partial charge >= 0.3 is 11.4 Å². The highest BCUT2D eigenvalue weighted by Gasteiger charge is 2.75. The first-order chi connectivity index (χ1) is 25.2. The van der Waals surface area contributed by atoms with Crippen molar-refractivity contribution in [1.82, 2.24) is 28.4 Å². The number of fused-ring (bicyclic) bond motifs is 5. The summed E-state index contributed by atoms with van der Waals surface area (Å²) in [4.78, 5) is 70.8. The van der Waals surface area contributed by atoms with Gasteiger partial charge in [-0.15, -0.1) is 23.2 Å². The predicted molar refractivity (Wildman–Crippen MR) is 195 cm³/mol. The molecule has 2 amide bonds. The van der Waals surface area contributed by atoms with Gasteiger partial charge in [-0.1, -0.05) is 22.0 Å². The van der Waals surface area contributed by atoms with Crippen LogP contribution >= 0.6 is 39.1 Å². The van der Waals surface area contributed by atoms with Crippen LogP contribution in [0.3, 0.4) is 0 Å². The van der Waals surface area contributed by atoms with E-state index in [1.807, 2.05) is 0 Å². The van der Waals surface area contributed by atoms with Crippen LogP contribution < -0.4 is 35.9 Å². The highest BCUT2D eigenvalue weighted by Crippen LogP contribution is 2.64. The van der Waals surface area contributed by atoms with Crippen molar-refractivity contribution in [3.8, 4) is 28.7 Å². The van der Waals surface area contributed by atoms with Gasteiger partial charge in [0.05, 0.1) is 57.5 Å². The zero-order valence-electron chi connectivity index (χ0n) is 29.0. The van der Waals surface area contributed by atoms with Crippen molar-refractivity contribution in [3.63, 3.8) is 0 Å². The molecule has 2 aliphatic heterocycles. The van der Waals surface area contributed by atoms with Gasteiger partial charge in [-0.2, -0.15) is 0 Å². The molecule has 16 nitrogen and oxygen atoms in total. The Bertz CT molecular complexity index is 2430. The molecule has 3 aliphatic rings. The van der Waals surface area contributed by atoms with Crippen molar-refractivity contribution in [2.24, 2.45) is 7.05 Å². The summed E-state index contributed by atoms with van der Waals surface area (Å²) in [5.41, 5.74) is -0.235. The van der Waals surface area contributed by atoms with Crippen LogP contribution in [0.1, 0.15) is 29.6 Å². The molecule has 19 heteroatoms. The number of benzene rings is 2. The lowest BCUT2D eigenvalue weighted by Gasteiger charge is -2.49. The normalized spacial score (nSPS) is 23.4. The zero-order valence-corrected chi connectivity index (χ0v) is 32.1. The number of ether oxygens (including phenoxy) is 4. The topological polar surface area (TPSA) is 178 Å². The first-order valence-electron chi connectivity index (χ1n) is 16.2. The number of amides is 2. The fraction of sp³-hybridized carbons (Fsp3) is 0.412. The van der Waals surface area contributed by atoms with Crippen LogP contribution in [0.25, 0.3) is 11.0 Å². The third-order valence-electron chi connectivity index (χ3n) is 10.4. The smallest absolute Gasteiger partial charge is 0.347 e. The molecule has 2 aromatic carbocycles. The van der Waals surface area contributed by atoms with E-state index in [1.54, 1.807) is 25.3 Å². The summed E-state index contributed by atoms with van der Waals surface area (Å²) in [5, 5.41) is 10.7. The van der Waals surface area contributed by atoms with E-state index in [0.717, 1.165) is 9.47 Å². The molecule has 7 rings (SSSR count). The molecule has 1 aliphatic carbocycles. The number of hydrogen-bond acceptors (Lipinski definition) is 11. The molecule has 53 heavy (non-hydrogen) atoms. The minimum absolute atomic E-state index is 0.00121. The fourth-order valence-electron chi connectivity index (χ4n) is 7.80. The van der Waals surface area contributed by atoms with Crippen molar-refractivity contribution >= 4 is 62.0 Å². The third kappa shape index (κ3) is 4.99. The molecule has 1 saturated heterocycles. The minimum atomic E-state index is -2.10. The summed E-state index contributed by atoms with van der Waals surface area (Å²) in [6, 6.07) is 5.16. The molecule has 280 valence electrons. The summed E-state index contributed by atoms with van der Waals surface area (Å²) in [6.07, 6.45) is 1.29. The molecular weight excluding hydrogens is 803 g/mol. The lowest BCUT2D eigenvalue weighted by atomic mass is 9.64. The summed E-state index contributed by atoms with van der Waals surface area (Å²) in [6.45, 7) is -0.302. The standard InChI is InChI=1S/C34H33BrCl2N6O10/c1-39-20-13-23(51-3)22(50-2)12-19(20)38-18(28(39)45)7-8-40-31(48)42-9-6-17-21(43(42)32(40)49)14-33(36)29(46)41(15-35)30(47)34(33,37)26(17)16-10-24(52-4)27(44)25(11-16)53-5/h6,10-13,21,26,44H,7-9,14-15H2,1-5H3/t21-,26+,33-,34+/m1/s1. The number of aromatic hydroxyl groups is 1. The number of phenols is 1. The van der Waals surface area contributed by atoms with E-state index < -0.39 is 50.5 Å². The second-order valence-electron chi connectivity index (χ2n) is 12.8. The van der Waals surface area contributed by atoms with E-state index in [4.69, 9.17) is 42.1 Å². The number of alkyl halides is 3. The Balaban J connectivity index is 1.34. The van der Waals surface area contributed by atoms with Crippen molar-refractivity contribution in [1.29, 1.82) is 0 Å². The SMILES string of the molecule is COc1cc2nc(CCn3c(=O)n4n(c3=O)[C@@H]3C[C@@]5(Cl)C(=O)N(CBr)C(=O)[C@@]5(Cl)[C@@H](c5cc(OC)c(O)c(OC)c5)C3=CC4)c(=O)n(C)c2cc1OC. The van der Waals surface area contributed by atoms with Crippen LogP contribution in [0.2, 0.25) is 0 Å². The van der Waals surface area contributed by atoms with Gasteiger partial charge in [0, 0.05) is 44.5 Å². The van der Waals surface area contributed by atoms with Gasteiger partial charge in [-0.3, -0.25) is 19.3 Å². The predicted octanol–water partition coefficient (Wildman–Crippen LogP) is 2.39. The van der Waals surface area contributed by atoms with Crippen molar-refractivity contribution in [3.05, 3.63) is 78.5 Å². The highest BCUT2D eigenvalue weighted by atomic mass is 79.9. The third-order valence-corrected chi connectivity index (χ3v) is 12.3. The van der Waals surface area contributed by atoms with Crippen molar-refractivity contribution in [2.75, 3.05) is 33.9 Å². The number of phenolic OH excluding ortho intramolecular Hbond substituents is 1. The van der Waals surface area contributed by atoms with Crippen LogP contribution in [-0.4, -0.2) is 88.9 Å². The Morgan fingerprint density at radius 2 is 1.53 bits per heavy atom. The lowest BCUT2D eigenvalue weighted by Crippen LogP contribution is -2.59. The monoisotopic (exact) mass is 834 g/mol. The van der Waals surface area contributed by atoms with Gasteiger partial charge in [-0.05, 0) is 23.3 Å². The summed E-state index contributed by atoms with van der Waals surface area (Å²) < 4.78 is 26.4. The molecule has 0 unspecified atom stereocenters. The Labute approximate surface area is 318 Å². The van der Waals surface area contributed by atoms with E-state index in [-0.39, 0.29) is 54.3 Å². The second-order valence-corrected chi connectivity index (χ2v) is 14.6. The van der Waals surface area contributed by atoms with Gasteiger partial charge in [0.15, 0.2) is 32.7 Å². The number of hydrogen-bond donors (Lipinski definition) is 1. The maximum Gasteiger partial charge on any atom is 0.347 e. The average molecular weight is 836 g/mol. The van der Waals surface area contributed by atoms with Gasteiger partial charge in [0.2, 0.25) is 5.75 Å². The van der Waals surface area contributed by atoms with Crippen LogP contribution in [0, 0.1) is 0 Å². The maximum absolute atomic E-state index is 14.3. The van der Waals surface area contributed by atoms with Gasteiger partial charge in [-0.25, -0.2) is 28.5 Å². The van der Waals surface area contributed by atoms with E-state index >= 15 is 0 Å². The van der Waals surface area contributed by atoms with E-state index in [9.17, 15) is 29.1 Å². The van der Waals surface area contributed by atoms with Gasteiger partial charge < -0.3 is 28.6 Å². The van der Waals surface area contributed by atoms with E-state index in [1.165, 1.54) is 54.5 Å². The molecule has 4 heterocycles. The minimum Gasteiger partial charge on any atom is -0.502 e. The van der Waals surface area contributed by atoms with Crippen molar-refractivity contribution in [2.45, 2.75) is 47.6 Å². The van der Waals surface area contributed by atoms with Crippen LogP contribution in [0.4, 0.5) is 0 Å². The average Bonchev–Trinajstić information content (AvgIpc) is 3.48. The number of carbonyl (C=O) groups excluding carboxylic acids is 2. The Morgan fingerprint density at radius 3 is 2.13 bits per heavy atom. The number of carbonyl (C=O) groups is 2. The lowest BCUT2D eigenvalue weighted by molar-refractivity contribution is -0.138. The Hall–Kier alpha value is -4.74. The molecule has 1 N–H and O–H groups in total. The highest BCUT2D eigenvalue weighted by molar-refractivity contribution is 9.09. The van der Waals surface area contributed by atoms with Crippen LogP contribution in [0.15, 0.2) is 50.3 Å². The molecule has 0 radical (unpaired) electrons. The molecule has 1 saturated carbocycles. The number of allylic oxidation sites excluding steroid dienone is 2. The quantitative estimate of drug-likeness (QED) is 0.113. The molecule has 2 aromatic heterocycles. The number of rotatable bonds is 9. The molecule has 2 fully saturated rings. The van der Waals surface area contributed by atoms with Crippen molar-refractivity contribution < 1.29 is 33.6 Å².